The molecule has 0 heterocycles. The lowest BCUT2D eigenvalue weighted by Crippen LogP contribution is -2.17. The number of nitrogens with two attached hydrogens (primary N) is 2. The molecule has 67 heavy (non-hydrogen) atoms. The van der Waals surface area contributed by atoms with Crippen LogP contribution in [0.1, 0.15) is 58.1 Å². The number of rotatable bonds is 15. The first-order chi connectivity index (χ1) is 31.7. The third-order valence-corrected chi connectivity index (χ3v) is 9.63. The van der Waals surface area contributed by atoms with Crippen molar-refractivity contribution in [2.75, 3.05) is 25.7 Å². The molecule has 0 atom stereocenters. The maximum absolute atomic E-state index is 14.0. The predicted octanol–water partition coefficient (Wildman–Crippen LogP) is 10.9. The highest BCUT2D eigenvalue weighted by atomic mass is 19.4. The van der Waals surface area contributed by atoms with E-state index in [0.29, 0.717) is 33.5 Å². The fourth-order valence-corrected chi connectivity index (χ4v) is 6.43. The maximum Gasteiger partial charge on any atom is 0.573 e. The third kappa shape index (κ3) is 12.4. The zero-order valence-corrected chi connectivity index (χ0v) is 35.3. The topological polar surface area (TPSA) is 176 Å². The van der Waals surface area contributed by atoms with E-state index in [2.05, 4.69) is 9.47 Å². The van der Waals surface area contributed by atoms with E-state index in [4.69, 9.17) is 30.4 Å². The average Bonchev–Trinajstić information content (AvgIpc) is 3.28. The Morgan fingerprint density at radius 3 is 1.42 bits per heavy atom. The Kier molecular flexibility index (Phi) is 14.4. The Morgan fingerprint density at radius 1 is 0.522 bits per heavy atom. The molecule has 0 fully saturated rings. The van der Waals surface area contributed by atoms with Gasteiger partial charge in [-0.05, 0) is 138 Å². The van der Waals surface area contributed by atoms with E-state index in [0.717, 1.165) is 48.5 Å². The predicted molar refractivity (Wildman–Crippen MR) is 234 cm³/mol. The quantitative estimate of drug-likeness (QED) is 0.0249. The highest BCUT2D eigenvalue weighted by Gasteiger charge is 2.32. The minimum Gasteiger partial charge on any atom is -0.493 e. The maximum atomic E-state index is 14.0. The number of nitrogen functional groups attached to an aromatic ring is 2. The van der Waals surface area contributed by atoms with Crippen molar-refractivity contribution in [1.82, 2.24) is 0 Å². The van der Waals surface area contributed by atoms with Crippen LogP contribution >= 0.6 is 0 Å². The van der Waals surface area contributed by atoms with Crippen LogP contribution in [0.2, 0.25) is 0 Å². The lowest BCUT2D eigenvalue weighted by molar-refractivity contribution is -0.275. The number of methoxy groups -OCH3 is 2. The van der Waals surface area contributed by atoms with Gasteiger partial charge in [-0.25, -0.2) is 9.59 Å². The molecule has 0 aliphatic rings. The van der Waals surface area contributed by atoms with Gasteiger partial charge in [0, 0.05) is 22.5 Å². The van der Waals surface area contributed by atoms with Gasteiger partial charge in [-0.15, -0.1) is 26.3 Å². The molecular weight excluding hydrogens is 891 g/mol. The molecule has 6 aromatic rings. The summed E-state index contributed by atoms with van der Waals surface area (Å²) in [6.45, 7) is 1.65. The second kappa shape index (κ2) is 20.1. The van der Waals surface area contributed by atoms with Gasteiger partial charge in [0.05, 0.1) is 25.3 Å². The normalized spacial score (nSPS) is 11.6. The summed E-state index contributed by atoms with van der Waals surface area (Å²) in [5.74, 6) is -3.63. The molecule has 0 saturated heterocycles. The second-order valence-electron chi connectivity index (χ2n) is 14.1. The number of hydrogen-bond acceptors (Lipinski definition) is 12. The molecule has 0 spiro atoms. The molecule has 0 aromatic heterocycles. The molecule has 0 saturated carbocycles. The minimum absolute atomic E-state index is 0.0133. The molecule has 4 N–H and O–H groups in total. The van der Waals surface area contributed by atoms with Crippen LogP contribution in [0.3, 0.4) is 0 Å². The van der Waals surface area contributed by atoms with E-state index >= 15 is 0 Å². The van der Waals surface area contributed by atoms with Crippen molar-refractivity contribution in [3.8, 4) is 45.6 Å². The van der Waals surface area contributed by atoms with Gasteiger partial charge in [-0.2, -0.15) is 0 Å². The first-order valence-corrected chi connectivity index (χ1v) is 19.5. The summed E-state index contributed by atoms with van der Waals surface area (Å²) in [6, 6.07) is 24.9. The van der Waals surface area contributed by atoms with Gasteiger partial charge in [-0.1, -0.05) is 36.4 Å². The highest BCUT2D eigenvalue weighted by Crippen LogP contribution is 2.36. The number of allylic oxidation sites excluding steroid dienone is 2. The Morgan fingerprint density at radius 2 is 0.970 bits per heavy atom. The van der Waals surface area contributed by atoms with Crippen LogP contribution in [-0.4, -0.2) is 50.4 Å². The van der Waals surface area contributed by atoms with E-state index in [1.807, 2.05) is 0 Å². The summed E-state index contributed by atoms with van der Waals surface area (Å²) in [5, 5.41) is 0. The van der Waals surface area contributed by atoms with Gasteiger partial charge in [0.2, 0.25) is 0 Å². The Bertz CT molecular complexity index is 2910. The molecule has 0 amide bonds. The summed E-state index contributed by atoms with van der Waals surface area (Å²) in [5.41, 5.74) is 15.2. The van der Waals surface area contributed by atoms with E-state index in [1.165, 1.54) is 81.0 Å². The van der Waals surface area contributed by atoms with Crippen molar-refractivity contribution in [2.45, 2.75) is 19.6 Å². The van der Waals surface area contributed by atoms with Gasteiger partial charge in [0.15, 0.2) is 34.6 Å². The molecule has 18 heteroatoms. The molecular formula is C49H36F6N2O10. The number of halogens is 6. The van der Waals surface area contributed by atoms with Crippen molar-refractivity contribution in [3.05, 3.63) is 166 Å². The van der Waals surface area contributed by atoms with Gasteiger partial charge in [-0.3, -0.25) is 9.59 Å². The van der Waals surface area contributed by atoms with Crippen molar-refractivity contribution in [3.63, 3.8) is 0 Å². The molecule has 0 radical (unpaired) electrons. The number of esters is 2. The first kappa shape index (κ1) is 47.9. The number of hydrogen-bond donors (Lipinski definition) is 2. The summed E-state index contributed by atoms with van der Waals surface area (Å²) in [4.78, 5) is 53.5. The molecule has 0 aliphatic heterocycles. The van der Waals surface area contributed by atoms with Crippen LogP contribution in [0.4, 0.5) is 37.7 Å². The van der Waals surface area contributed by atoms with Gasteiger partial charge >= 0.3 is 24.7 Å². The number of carbonyl (C=O) groups excluding carboxylic acids is 4. The molecule has 344 valence electrons. The fourth-order valence-electron chi connectivity index (χ4n) is 6.43. The minimum atomic E-state index is -4.90. The van der Waals surface area contributed by atoms with Gasteiger partial charge < -0.3 is 39.9 Å². The Labute approximate surface area is 377 Å². The fraction of sp³-hybridized carbons (Fsp3) is 0.102. The summed E-state index contributed by atoms with van der Waals surface area (Å²) in [7, 11) is 2.64. The third-order valence-electron chi connectivity index (χ3n) is 9.63. The van der Waals surface area contributed by atoms with Crippen LogP contribution < -0.4 is 39.9 Å². The van der Waals surface area contributed by atoms with Gasteiger partial charge in [0.25, 0.3) is 0 Å². The van der Waals surface area contributed by atoms with E-state index < -0.39 is 47.7 Å². The second-order valence-corrected chi connectivity index (χ2v) is 14.1. The van der Waals surface area contributed by atoms with Crippen LogP contribution in [0.25, 0.3) is 23.3 Å². The summed E-state index contributed by atoms with van der Waals surface area (Å²) in [6.07, 6.45) is -4.30. The van der Waals surface area contributed by atoms with Crippen LogP contribution in [0.15, 0.2) is 127 Å². The lowest BCUT2D eigenvalue weighted by atomic mass is 9.88. The zero-order valence-electron chi connectivity index (χ0n) is 35.3. The SMILES string of the molecule is COc1cc(/C=C/C(=O)c2cc(N)ccc2-c2ccc(N)c(C)c2C(=O)/C=C/c2ccc(OC(=O)c3ccc(OC(F)(F)F)cc3)c(OC)c2)ccc1OC(=O)c1ccc(OC(F)(F)F)cc1. The van der Waals surface area contributed by atoms with Crippen molar-refractivity contribution < 1.29 is 73.9 Å². The average molecular weight is 927 g/mol. The van der Waals surface area contributed by atoms with Crippen molar-refractivity contribution in [2.24, 2.45) is 0 Å². The van der Waals surface area contributed by atoms with E-state index in [-0.39, 0.29) is 50.9 Å². The van der Waals surface area contributed by atoms with Crippen LogP contribution in [0.5, 0.6) is 34.5 Å². The molecule has 0 bridgehead atoms. The zero-order chi connectivity index (χ0) is 48.6. The lowest BCUT2D eigenvalue weighted by Gasteiger charge is -2.16. The number of benzene rings is 6. The molecule has 12 nitrogen and oxygen atoms in total. The molecule has 0 aliphatic carbocycles. The monoisotopic (exact) mass is 926 g/mol. The van der Waals surface area contributed by atoms with Crippen LogP contribution in [-0.2, 0) is 0 Å². The molecule has 6 aromatic carbocycles. The van der Waals surface area contributed by atoms with E-state index in [9.17, 15) is 45.5 Å². The van der Waals surface area contributed by atoms with Crippen molar-refractivity contribution >= 4 is 47.0 Å². The Balaban J connectivity index is 1.20. The molecule has 0 unspecified atom stereocenters. The number of ketones is 2. The van der Waals surface area contributed by atoms with Crippen molar-refractivity contribution in [1.29, 1.82) is 0 Å². The number of ether oxygens (including phenoxy) is 6. The van der Waals surface area contributed by atoms with Gasteiger partial charge in [0.1, 0.15) is 11.5 Å². The number of anilines is 2. The standard InChI is InChI=1S/C49H36F6N2O10/c1-27-38(57)19-18-36(45(27)40(59)21-5-29-7-23-42(44(25-29)63-3)65-47(61)31-10-15-34(16-11-31)67-49(53,54)55)35-17-12-32(56)26-37(35)39(58)20-4-28-6-22-41(43(24-28)62-2)64-46(60)30-8-13-33(14-9-30)66-48(50,51)52/h4-26H,56-57H2,1-3H3/b20-4+,21-5+. The number of alkyl halides is 6. The molecule has 6 rings (SSSR count). The number of carbonyl (C=O) groups is 4. The Hall–Kier alpha value is -8.54. The highest BCUT2D eigenvalue weighted by molar-refractivity contribution is 6.16. The first-order valence-electron chi connectivity index (χ1n) is 19.5. The summed E-state index contributed by atoms with van der Waals surface area (Å²) >= 11 is 0. The smallest absolute Gasteiger partial charge is 0.493 e. The summed E-state index contributed by atoms with van der Waals surface area (Å²) < 4.78 is 104. The van der Waals surface area contributed by atoms with E-state index in [1.54, 1.807) is 31.2 Å². The van der Waals surface area contributed by atoms with Crippen LogP contribution in [0, 0.1) is 6.92 Å². The largest absolute Gasteiger partial charge is 0.573 e.